The van der Waals surface area contributed by atoms with Crippen LogP contribution in [0, 0.1) is 0 Å². The predicted octanol–water partition coefficient (Wildman–Crippen LogP) is 6.25. The van der Waals surface area contributed by atoms with E-state index in [1.807, 2.05) is 36.4 Å². The van der Waals surface area contributed by atoms with Gasteiger partial charge < -0.3 is 0 Å². The molecule has 1 amide bonds. The van der Waals surface area contributed by atoms with Crippen LogP contribution in [0.25, 0.3) is 11.3 Å². The van der Waals surface area contributed by atoms with Crippen molar-refractivity contribution in [1.82, 2.24) is 9.29 Å². The van der Waals surface area contributed by atoms with Gasteiger partial charge in [-0.25, -0.2) is 13.4 Å². The third-order valence-electron chi connectivity index (χ3n) is 7.02. The Bertz CT molecular complexity index is 1560. The molecule has 4 aromatic rings. The van der Waals surface area contributed by atoms with Crippen molar-refractivity contribution in [3.05, 3.63) is 101 Å². The Morgan fingerprint density at radius 1 is 0.846 bits per heavy atom. The van der Waals surface area contributed by atoms with Crippen LogP contribution in [0.3, 0.4) is 0 Å². The first-order chi connectivity index (χ1) is 18.8. The maximum absolute atomic E-state index is 13.3. The predicted molar refractivity (Wildman–Crippen MR) is 154 cm³/mol. The molecule has 3 aromatic carbocycles. The quantitative estimate of drug-likeness (QED) is 0.258. The zero-order valence-electron chi connectivity index (χ0n) is 21.5. The van der Waals surface area contributed by atoms with E-state index < -0.39 is 15.9 Å². The number of sulfonamides is 1. The Balaban J connectivity index is 1.37. The summed E-state index contributed by atoms with van der Waals surface area (Å²) in [6.45, 7) is 0. The molecule has 0 bridgehead atoms. The molecule has 7 nitrogen and oxygen atoms in total. The van der Waals surface area contributed by atoms with E-state index in [0.717, 1.165) is 49.0 Å². The van der Waals surface area contributed by atoms with Crippen LogP contribution >= 0.6 is 11.3 Å². The molecule has 1 aliphatic carbocycles. The van der Waals surface area contributed by atoms with Crippen molar-refractivity contribution in [3.8, 4) is 11.3 Å². The summed E-state index contributed by atoms with van der Waals surface area (Å²) >= 11 is 1.11. The molecule has 1 aliphatic rings. The normalized spacial score (nSPS) is 14.3. The summed E-state index contributed by atoms with van der Waals surface area (Å²) in [6.07, 6.45) is 4.94. The highest BCUT2D eigenvalue weighted by atomic mass is 32.2. The van der Waals surface area contributed by atoms with Crippen molar-refractivity contribution in [1.29, 1.82) is 0 Å². The zero-order valence-corrected chi connectivity index (χ0v) is 23.2. The summed E-state index contributed by atoms with van der Waals surface area (Å²) in [5.74, 6) is -0.615. The number of nitrogens with one attached hydrogen (secondary N) is 1. The second-order valence-electron chi connectivity index (χ2n) is 9.55. The van der Waals surface area contributed by atoms with Gasteiger partial charge in [0.25, 0.3) is 5.91 Å². The van der Waals surface area contributed by atoms with Gasteiger partial charge in [0, 0.05) is 29.8 Å². The first-order valence-electron chi connectivity index (χ1n) is 12.9. The van der Waals surface area contributed by atoms with Gasteiger partial charge >= 0.3 is 0 Å². The summed E-state index contributed by atoms with van der Waals surface area (Å²) in [7, 11) is -2.02. The van der Waals surface area contributed by atoms with Crippen LogP contribution in [0.5, 0.6) is 0 Å². The fourth-order valence-corrected chi connectivity index (χ4v) is 7.16. The van der Waals surface area contributed by atoms with E-state index in [2.05, 4.69) is 10.3 Å². The molecule has 9 heteroatoms. The lowest BCUT2D eigenvalue weighted by Gasteiger charge is -2.30. The average molecular weight is 560 g/mol. The minimum atomic E-state index is -3.65. The van der Waals surface area contributed by atoms with E-state index in [4.69, 9.17) is 0 Å². The molecule has 5 rings (SSSR count). The van der Waals surface area contributed by atoms with Crippen LogP contribution in [-0.2, 0) is 10.0 Å². The van der Waals surface area contributed by atoms with Gasteiger partial charge in [-0.2, -0.15) is 4.31 Å². The van der Waals surface area contributed by atoms with Crippen LogP contribution in [-0.4, -0.2) is 42.5 Å². The number of hydrogen-bond acceptors (Lipinski definition) is 6. The Labute approximate surface area is 232 Å². The molecular weight excluding hydrogens is 530 g/mol. The molecule has 1 saturated carbocycles. The lowest BCUT2D eigenvalue weighted by molar-refractivity contribution is 0.102. The maximum atomic E-state index is 13.3. The lowest BCUT2D eigenvalue weighted by Crippen LogP contribution is -2.38. The summed E-state index contributed by atoms with van der Waals surface area (Å²) < 4.78 is 27.8. The first-order valence-corrected chi connectivity index (χ1v) is 15.2. The van der Waals surface area contributed by atoms with Crippen molar-refractivity contribution in [2.24, 2.45) is 0 Å². The van der Waals surface area contributed by atoms with Gasteiger partial charge in [0.2, 0.25) is 15.8 Å². The fraction of sp³-hybridized carbons (Fsp3) is 0.233. The van der Waals surface area contributed by atoms with Gasteiger partial charge in [-0.05, 0) is 37.1 Å². The number of rotatable bonds is 8. The van der Waals surface area contributed by atoms with Gasteiger partial charge in [0.15, 0.2) is 5.13 Å². The fourth-order valence-electron chi connectivity index (χ4n) is 4.79. The Morgan fingerprint density at radius 3 is 2.10 bits per heavy atom. The minimum absolute atomic E-state index is 0.00299. The molecule has 1 fully saturated rings. The molecule has 1 heterocycles. The number of carbonyl (C=O) groups is 2. The molecule has 0 radical (unpaired) electrons. The number of amides is 1. The summed E-state index contributed by atoms with van der Waals surface area (Å²) in [5, 5.41) is 3.07. The molecule has 0 unspecified atom stereocenters. The highest BCUT2D eigenvalue weighted by Crippen LogP contribution is 2.33. The highest BCUT2D eigenvalue weighted by molar-refractivity contribution is 7.89. The monoisotopic (exact) mass is 559 g/mol. The van der Waals surface area contributed by atoms with Crippen LogP contribution in [0.15, 0.2) is 89.8 Å². The number of carbonyl (C=O) groups excluding carboxylic acids is 2. The average Bonchev–Trinajstić information content (AvgIpc) is 3.41. The standard InChI is InChI=1S/C30H29N3O4S2/c1-33(24-15-9-4-10-16-24)39(36,37)25-19-17-23(18-20-25)29(35)32-30-31-26(21-11-5-2-6-12-21)28(38-30)27(34)22-13-7-3-8-14-22/h2-3,5-8,11-14,17-20,24H,4,9-10,15-16H2,1H3,(H,31,32,35). The smallest absolute Gasteiger partial charge is 0.257 e. The number of aromatic nitrogens is 1. The van der Waals surface area contributed by atoms with E-state index >= 15 is 0 Å². The second kappa shape index (κ2) is 11.6. The van der Waals surface area contributed by atoms with Crippen molar-refractivity contribution in [3.63, 3.8) is 0 Å². The summed E-state index contributed by atoms with van der Waals surface area (Å²) in [5.41, 5.74) is 2.09. The number of thiazole rings is 1. The lowest BCUT2D eigenvalue weighted by atomic mass is 9.96. The van der Waals surface area contributed by atoms with Crippen molar-refractivity contribution in [2.75, 3.05) is 12.4 Å². The van der Waals surface area contributed by atoms with Gasteiger partial charge in [-0.3, -0.25) is 14.9 Å². The third kappa shape index (κ3) is 5.85. The number of hydrogen-bond donors (Lipinski definition) is 1. The van der Waals surface area contributed by atoms with Gasteiger partial charge in [0.05, 0.1) is 10.6 Å². The molecule has 0 atom stereocenters. The van der Waals surface area contributed by atoms with Crippen LogP contribution < -0.4 is 5.32 Å². The number of ketones is 1. The van der Waals surface area contributed by atoms with Gasteiger partial charge in [-0.15, -0.1) is 0 Å². The Kier molecular flexibility index (Phi) is 8.02. The molecule has 1 aromatic heterocycles. The third-order valence-corrected chi connectivity index (χ3v) is 9.91. The van der Waals surface area contributed by atoms with Gasteiger partial charge in [-0.1, -0.05) is 91.3 Å². The minimum Gasteiger partial charge on any atom is -0.298 e. The summed E-state index contributed by atoms with van der Waals surface area (Å²) in [4.78, 5) is 31.5. The number of anilines is 1. The van der Waals surface area contributed by atoms with Crippen LogP contribution in [0.4, 0.5) is 5.13 Å². The zero-order chi connectivity index (χ0) is 27.4. The molecule has 1 N–H and O–H groups in total. The van der Waals surface area contributed by atoms with Crippen molar-refractivity contribution in [2.45, 2.75) is 43.0 Å². The molecule has 39 heavy (non-hydrogen) atoms. The highest BCUT2D eigenvalue weighted by Gasteiger charge is 2.29. The van der Waals surface area contributed by atoms with Crippen molar-refractivity contribution >= 4 is 38.2 Å². The van der Waals surface area contributed by atoms with E-state index in [9.17, 15) is 18.0 Å². The molecule has 200 valence electrons. The second-order valence-corrected chi connectivity index (χ2v) is 12.5. The maximum Gasteiger partial charge on any atom is 0.257 e. The van der Waals surface area contributed by atoms with Crippen LogP contribution in [0.2, 0.25) is 0 Å². The number of nitrogens with zero attached hydrogens (tertiary/aromatic N) is 2. The SMILES string of the molecule is CN(C1CCCCC1)S(=O)(=O)c1ccc(C(=O)Nc2nc(-c3ccccc3)c(C(=O)c3ccccc3)s2)cc1. The van der Waals surface area contributed by atoms with Crippen molar-refractivity contribution < 1.29 is 18.0 Å². The largest absolute Gasteiger partial charge is 0.298 e. The molecule has 0 saturated heterocycles. The molecule has 0 aliphatic heterocycles. The number of benzene rings is 3. The molecule has 0 spiro atoms. The van der Waals surface area contributed by atoms with E-state index in [-0.39, 0.29) is 21.9 Å². The topological polar surface area (TPSA) is 96.4 Å². The summed E-state index contributed by atoms with van der Waals surface area (Å²) in [6, 6.07) is 24.2. The Morgan fingerprint density at radius 2 is 1.46 bits per heavy atom. The first kappa shape index (κ1) is 26.9. The van der Waals surface area contributed by atoms with E-state index in [0.29, 0.717) is 21.7 Å². The van der Waals surface area contributed by atoms with Gasteiger partial charge in [0.1, 0.15) is 4.88 Å². The Hall–Kier alpha value is -3.66. The molecular formula is C30H29N3O4S2. The van der Waals surface area contributed by atoms with E-state index in [1.54, 1.807) is 31.3 Å². The van der Waals surface area contributed by atoms with Crippen LogP contribution in [0.1, 0.15) is 57.7 Å². The van der Waals surface area contributed by atoms with E-state index in [1.165, 1.54) is 28.6 Å².